The summed E-state index contributed by atoms with van der Waals surface area (Å²) < 4.78 is 0. The summed E-state index contributed by atoms with van der Waals surface area (Å²) in [5.41, 5.74) is 3.49. The molecule has 1 saturated heterocycles. The Balaban J connectivity index is 1.88. The lowest BCUT2D eigenvalue weighted by Gasteiger charge is -2.22. The molecule has 3 aromatic rings. The molecule has 3 aromatic heterocycles. The van der Waals surface area contributed by atoms with Crippen LogP contribution < -0.4 is 5.32 Å². The maximum Gasteiger partial charge on any atom is 0.141 e. The van der Waals surface area contributed by atoms with Crippen LogP contribution in [0.3, 0.4) is 0 Å². The van der Waals surface area contributed by atoms with Gasteiger partial charge in [-0.3, -0.25) is 0 Å². The second kappa shape index (κ2) is 4.83. The maximum atomic E-state index is 9.02. The van der Waals surface area contributed by atoms with Gasteiger partial charge in [0, 0.05) is 23.5 Å². The average Bonchev–Trinajstić information content (AvgIpc) is 2.92. The minimum Gasteiger partial charge on any atom is -0.338 e. The van der Waals surface area contributed by atoms with Crippen molar-refractivity contribution in [3.05, 3.63) is 35.8 Å². The zero-order valence-corrected chi connectivity index (χ0v) is 11.6. The van der Waals surface area contributed by atoms with Crippen LogP contribution >= 0.6 is 0 Å². The van der Waals surface area contributed by atoms with E-state index in [-0.39, 0.29) is 0 Å². The molecular weight excluding hydrogens is 262 g/mol. The first kappa shape index (κ1) is 12.3. The maximum absolute atomic E-state index is 9.02. The van der Waals surface area contributed by atoms with Crippen LogP contribution in [0.4, 0.5) is 0 Å². The van der Waals surface area contributed by atoms with Crippen molar-refractivity contribution in [1.29, 1.82) is 5.26 Å². The fourth-order valence-corrected chi connectivity index (χ4v) is 3.11. The van der Waals surface area contributed by atoms with Crippen molar-refractivity contribution in [1.82, 2.24) is 20.3 Å². The van der Waals surface area contributed by atoms with Gasteiger partial charge in [-0.1, -0.05) is 0 Å². The van der Waals surface area contributed by atoms with Crippen LogP contribution in [0.1, 0.15) is 30.0 Å². The third kappa shape index (κ3) is 2.05. The molecule has 0 saturated carbocycles. The summed E-state index contributed by atoms with van der Waals surface area (Å²) in [5.74, 6) is 0.526. The molecule has 0 bridgehead atoms. The molecule has 0 aromatic carbocycles. The van der Waals surface area contributed by atoms with E-state index in [0.717, 1.165) is 35.0 Å². The van der Waals surface area contributed by atoms with Crippen LogP contribution in [0.25, 0.3) is 21.9 Å². The number of H-pyrrole nitrogens is 1. The Bertz CT molecular complexity index is 852. The summed E-state index contributed by atoms with van der Waals surface area (Å²) in [6.07, 6.45) is 6.08. The van der Waals surface area contributed by atoms with Crippen LogP contribution in [-0.4, -0.2) is 28.0 Å². The lowest BCUT2D eigenvalue weighted by atomic mass is 9.92. The van der Waals surface area contributed by atoms with Crippen LogP contribution in [0.15, 0.2) is 24.5 Å². The number of hydrogen-bond donors (Lipinski definition) is 2. The fourth-order valence-electron chi connectivity index (χ4n) is 3.11. The smallest absolute Gasteiger partial charge is 0.141 e. The van der Waals surface area contributed by atoms with Gasteiger partial charge in [-0.2, -0.15) is 5.26 Å². The van der Waals surface area contributed by atoms with E-state index in [0.29, 0.717) is 11.6 Å². The van der Waals surface area contributed by atoms with Crippen molar-refractivity contribution in [3.63, 3.8) is 0 Å². The largest absolute Gasteiger partial charge is 0.338 e. The number of fused-ring (bicyclic) bond motifs is 3. The predicted octanol–water partition coefficient (Wildman–Crippen LogP) is 2.45. The van der Waals surface area contributed by atoms with E-state index in [1.807, 2.05) is 12.3 Å². The molecule has 1 atom stereocenters. The van der Waals surface area contributed by atoms with Crippen LogP contribution in [0.5, 0.6) is 0 Å². The van der Waals surface area contributed by atoms with Crippen LogP contribution in [-0.2, 0) is 0 Å². The van der Waals surface area contributed by atoms with Gasteiger partial charge in [0.15, 0.2) is 0 Å². The van der Waals surface area contributed by atoms with Gasteiger partial charge >= 0.3 is 0 Å². The second-order valence-corrected chi connectivity index (χ2v) is 5.56. The Morgan fingerprint density at radius 2 is 2.14 bits per heavy atom. The monoisotopic (exact) mass is 277 g/mol. The molecule has 104 valence electrons. The Labute approximate surface area is 122 Å². The van der Waals surface area contributed by atoms with E-state index >= 15 is 0 Å². The summed E-state index contributed by atoms with van der Waals surface area (Å²) in [6, 6.07) is 6.14. The van der Waals surface area contributed by atoms with E-state index in [2.05, 4.69) is 32.4 Å². The number of nitriles is 1. The molecule has 0 aliphatic carbocycles. The highest BCUT2D eigenvalue weighted by atomic mass is 14.9. The van der Waals surface area contributed by atoms with Gasteiger partial charge in [0.1, 0.15) is 17.4 Å². The summed E-state index contributed by atoms with van der Waals surface area (Å²) in [6.45, 7) is 2.12. The van der Waals surface area contributed by atoms with Crippen molar-refractivity contribution >= 4 is 21.9 Å². The number of piperidine rings is 1. The molecular formula is C16H15N5. The number of aromatic amines is 1. The standard InChI is InChI=1S/C16H15N5/c17-6-12-5-13-14-4-11(10-2-1-3-18-7-10)8-20-16(14)21-15(13)9-19-12/h4-5,8-10,18H,1-3,7H2,(H,20,21). The lowest BCUT2D eigenvalue weighted by Crippen LogP contribution is -2.28. The molecule has 4 rings (SSSR count). The summed E-state index contributed by atoms with van der Waals surface area (Å²) in [5, 5.41) is 14.6. The number of hydrogen-bond acceptors (Lipinski definition) is 4. The zero-order valence-electron chi connectivity index (χ0n) is 11.6. The molecule has 4 heterocycles. The highest BCUT2D eigenvalue weighted by molar-refractivity contribution is 6.05. The molecule has 0 radical (unpaired) electrons. The molecule has 0 amide bonds. The van der Waals surface area contributed by atoms with Crippen molar-refractivity contribution < 1.29 is 0 Å². The van der Waals surface area contributed by atoms with Crippen molar-refractivity contribution in [2.75, 3.05) is 13.1 Å². The second-order valence-electron chi connectivity index (χ2n) is 5.56. The molecule has 1 aliphatic rings. The summed E-state index contributed by atoms with van der Waals surface area (Å²) >= 11 is 0. The van der Waals surface area contributed by atoms with E-state index < -0.39 is 0 Å². The van der Waals surface area contributed by atoms with E-state index in [9.17, 15) is 0 Å². The molecule has 1 unspecified atom stereocenters. The highest BCUT2D eigenvalue weighted by Crippen LogP contribution is 2.29. The predicted molar refractivity (Wildman–Crippen MR) is 81.0 cm³/mol. The van der Waals surface area contributed by atoms with Gasteiger partial charge in [-0.05, 0) is 43.0 Å². The Morgan fingerprint density at radius 1 is 1.19 bits per heavy atom. The molecule has 5 nitrogen and oxygen atoms in total. The molecule has 2 N–H and O–H groups in total. The number of aromatic nitrogens is 3. The SMILES string of the molecule is N#Cc1cc2c(cn1)[nH]c1ncc(C3CCCNC3)cc12. The van der Waals surface area contributed by atoms with Gasteiger partial charge in [-0.15, -0.1) is 0 Å². The highest BCUT2D eigenvalue weighted by Gasteiger charge is 2.17. The van der Waals surface area contributed by atoms with Gasteiger partial charge in [-0.25, -0.2) is 9.97 Å². The molecule has 1 fully saturated rings. The number of pyridine rings is 2. The van der Waals surface area contributed by atoms with Crippen LogP contribution in [0.2, 0.25) is 0 Å². The third-order valence-corrected chi connectivity index (χ3v) is 4.24. The molecule has 21 heavy (non-hydrogen) atoms. The molecule has 0 spiro atoms. The van der Waals surface area contributed by atoms with E-state index in [1.165, 1.54) is 18.4 Å². The summed E-state index contributed by atoms with van der Waals surface area (Å²) in [7, 11) is 0. The van der Waals surface area contributed by atoms with Gasteiger partial charge in [0.05, 0.1) is 11.7 Å². The van der Waals surface area contributed by atoms with Crippen molar-refractivity contribution in [2.24, 2.45) is 0 Å². The topological polar surface area (TPSA) is 77.4 Å². The van der Waals surface area contributed by atoms with Gasteiger partial charge in [0.2, 0.25) is 0 Å². The lowest BCUT2D eigenvalue weighted by molar-refractivity contribution is 0.461. The Kier molecular flexibility index (Phi) is 2.83. The van der Waals surface area contributed by atoms with E-state index in [1.54, 1.807) is 6.20 Å². The molecule has 1 aliphatic heterocycles. The number of nitrogens with zero attached hydrogens (tertiary/aromatic N) is 3. The minimum atomic E-state index is 0.438. The normalized spacial score (nSPS) is 18.9. The Hall–Kier alpha value is -2.45. The first-order valence-electron chi connectivity index (χ1n) is 7.23. The van der Waals surface area contributed by atoms with Gasteiger partial charge < -0.3 is 10.3 Å². The average molecular weight is 277 g/mol. The quantitative estimate of drug-likeness (QED) is 0.716. The van der Waals surface area contributed by atoms with Gasteiger partial charge in [0.25, 0.3) is 0 Å². The summed E-state index contributed by atoms with van der Waals surface area (Å²) in [4.78, 5) is 11.9. The first-order chi connectivity index (χ1) is 10.3. The molecule has 5 heteroatoms. The van der Waals surface area contributed by atoms with E-state index in [4.69, 9.17) is 5.26 Å². The zero-order chi connectivity index (χ0) is 14.2. The number of rotatable bonds is 1. The fraction of sp³-hybridized carbons (Fsp3) is 0.312. The van der Waals surface area contributed by atoms with Crippen molar-refractivity contribution in [2.45, 2.75) is 18.8 Å². The third-order valence-electron chi connectivity index (χ3n) is 4.24. The van der Waals surface area contributed by atoms with Crippen LogP contribution in [0, 0.1) is 11.3 Å². The first-order valence-corrected chi connectivity index (χ1v) is 7.23. The van der Waals surface area contributed by atoms with Crippen molar-refractivity contribution in [3.8, 4) is 6.07 Å². The number of nitrogens with one attached hydrogen (secondary N) is 2. The minimum absolute atomic E-state index is 0.438. The Morgan fingerprint density at radius 3 is 2.95 bits per heavy atom.